The van der Waals surface area contributed by atoms with E-state index in [2.05, 4.69) is 22.5 Å². The molecule has 0 aromatic rings. The lowest BCUT2D eigenvalue weighted by atomic mass is 10.0. The summed E-state index contributed by atoms with van der Waals surface area (Å²) in [5.41, 5.74) is 0. The van der Waals surface area contributed by atoms with Crippen LogP contribution in [0.15, 0.2) is 0 Å². The van der Waals surface area contributed by atoms with E-state index in [1.165, 1.54) is 0 Å². The molecule has 2 saturated heterocycles. The highest BCUT2D eigenvalue weighted by Crippen LogP contribution is 2.25. The van der Waals surface area contributed by atoms with Crippen molar-refractivity contribution in [3.63, 3.8) is 0 Å². The lowest BCUT2D eigenvalue weighted by molar-refractivity contribution is -0.122. The van der Waals surface area contributed by atoms with Gasteiger partial charge in [0.1, 0.15) is 0 Å². The van der Waals surface area contributed by atoms with Crippen LogP contribution in [0, 0.1) is 11.8 Å². The number of likely N-dealkylation sites (tertiary alicyclic amines) is 1. The summed E-state index contributed by atoms with van der Waals surface area (Å²) in [5.74, 6) is 1.75. The summed E-state index contributed by atoms with van der Waals surface area (Å²) < 4.78 is 0. The molecule has 1 amide bonds. The third-order valence-corrected chi connectivity index (χ3v) is 3.40. The molecule has 2 heterocycles. The number of carbonyl (C=O) groups excluding carboxylic acids is 1. The summed E-state index contributed by atoms with van der Waals surface area (Å²) in [6, 6.07) is 0. The molecule has 15 heavy (non-hydrogen) atoms. The van der Waals surface area contributed by atoms with Gasteiger partial charge in [-0.2, -0.15) is 0 Å². The van der Waals surface area contributed by atoms with Gasteiger partial charge in [-0.25, -0.2) is 0 Å². The van der Waals surface area contributed by atoms with Crippen molar-refractivity contribution in [1.82, 2.24) is 15.5 Å². The van der Waals surface area contributed by atoms with E-state index in [4.69, 9.17) is 0 Å². The van der Waals surface area contributed by atoms with Gasteiger partial charge >= 0.3 is 0 Å². The van der Waals surface area contributed by atoms with Crippen LogP contribution in [-0.2, 0) is 4.79 Å². The topological polar surface area (TPSA) is 44.4 Å². The minimum Gasteiger partial charge on any atom is -0.355 e. The van der Waals surface area contributed by atoms with Crippen LogP contribution >= 0.6 is 0 Å². The fraction of sp³-hybridized carbons (Fsp3) is 0.909. The zero-order valence-corrected chi connectivity index (χ0v) is 9.46. The predicted octanol–water partition coefficient (Wildman–Crippen LogP) is -0.336. The zero-order chi connectivity index (χ0) is 10.7. The van der Waals surface area contributed by atoms with Gasteiger partial charge in [-0.05, 0) is 31.3 Å². The summed E-state index contributed by atoms with van der Waals surface area (Å²) in [6.07, 6.45) is 1.01. The average Bonchev–Trinajstić information content (AvgIpc) is 2.74. The average molecular weight is 211 g/mol. The van der Waals surface area contributed by atoms with Crippen molar-refractivity contribution in [2.45, 2.75) is 13.3 Å². The second-order valence-corrected chi connectivity index (χ2v) is 4.72. The Morgan fingerprint density at radius 1 is 1.40 bits per heavy atom. The number of carbonyl (C=O) groups is 1. The van der Waals surface area contributed by atoms with Crippen LogP contribution in [0.3, 0.4) is 0 Å². The van der Waals surface area contributed by atoms with Gasteiger partial charge in [-0.15, -0.1) is 0 Å². The molecule has 0 saturated carbocycles. The normalized spacial score (nSPS) is 30.5. The Kier molecular flexibility index (Phi) is 3.59. The SMILES string of the molecule is CCCNC(=O)CN1CC2CNCC2C1. The predicted molar refractivity (Wildman–Crippen MR) is 59.6 cm³/mol. The maximum absolute atomic E-state index is 11.5. The highest BCUT2D eigenvalue weighted by atomic mass is 16.2. The minimum atomic E-state index is 0.185. The van der Waals surface area contributed by atoms with Crippen LogP contribution in [0.2, 0.25) is 0 Å². The first-order valence-corrected chi connectivity index (χ1v) is 5.99. The van der Waals surface area contributed by atoms with E-state index in [-0.39, 0.29) is 5.91 Å². The zero-order valence-electron chi connectivity index (χ0n) is 9.46. The molecule has 4 heteroatoms. The molecule has 2 atom stereocenters. The lowest BCUT2D eigenvalue weighted by Gasteiger charge is -2.16. The van der Waals surface area contributed by atoms with E-state index in [1.54, 1.807) is 0 Å². The van der Waals surface area contributed by atoms with Crippen LogP contribution in [0.5, 0.6) is 0 Å². The van der Waals surface area contributed by atoms with Crippen molar-refractivity contribution >= 4 is 5.91 Å². The fourth-order valence-corrected chi connectivity index (χ4v) is 2.61. The van der Waals surface area contributed by atoms with Crippen molar-refractivity contribution in [2.75, 3.05) is 39.3 Å². The second kappa shape index (κ2) is 4.94. The Morgan fingerprint density at radius 3 is 2.67 bits per heavy atom. The molecule has 0 aliphatic carbocycles. The molecule has 2 aliphatic rings. The largest absolute Gasteiger partial charge is 0.355 e. The van der Waals surface area contributed by atoms with Gasteiger partial charge in [0.15, 0.2) is 0 Å². The lowest BCUT2D eigenvalue weighted by Crippen LogP contribution is -2.37. The Bertz CT molecular complexity index is 220. The summed E-state index contributed by atoms with van der Waals surface area (Å²) in [7, 11) is 0. The first-order chi connectivity index (χ1) is 7.29. The van der Waals surface area contributed by atoms with Crippen molar-refractivity contribution in [3.05, 3.63) is 0 Å². The van der Waals surface area contributed by atoms with Crippen molar-refractivity contribution < 1.29 is 4.79 Å². The molecule has 2 aliphatic heterocycles. The third-order valence-electron chi connectivity index (χ3n) is 3.40. The molecule has 2 N–H and O–H groups in total. The van der Waals surface area contributed by atoms with Crippen molar-refractivity contribution in [3.8, 4) is 0 Å². The first kappa shape index (κ1) is 10.9. The first-order valence-electron chi connectivity index (χ1n) is 5.99. The van der Waals surface area contributed by atoms with Gasteiger partial charge in [0, 0.05) is 19.6 Å². The van der Waals surface area contributed by atoms with E-state index >= 15 is 0 Å². The number of fused-ring (bicyclic) bond motifs is 1. The highest BCUT2D eigenvalue weighted by molar-refractivity contribution is 5.78. The highest BCUT2D eigenvalue weighted by Gasteiger charge is 2.36. The Morgan fingerprint density at radius 2 is 2.07 bits per heavy atom. The van der Waals surface area contributed by atoms with Crippen LogP contribution in [0.25, 0.3) is 0 Å². The summed E-state index contributed by atoms with van der Waals surface area (Å²) >= 11 is 0. The molecule has 2 fully saturated rings. The molecule has 4 nitrogen and oxygen atoms in total. The number of hydrogen-bond donors (Lipinski definition) is 2. The van der Waals surface area contributed by atoms with E-state index in [0.717, 1.165) is 51.0 Å². The molecule has 0 bridgehead atoms. The van der Waals surface area contributed by atoms with Gasteiger partial charge in [0.2, 0.25) is 5.91 Å². The molecule has 2 unspecified atom stereocenters. The van der Waals surface area contributed by atoms with E-state index in [0.29, 0.717) is 6.54 Å². The molecular formula is C11H21N3O. The summed E-state index contributed by atoms with van der Waals surface area (Å²) in [5, 5.41) is 6.33. The molecule has 0 radical (unpaired) electrons. The van der Waals surface area contributed by atoms with Gasteiger partial charge in [-0.1, -0.05) is 6.92 Å². The number of nitrogens with zero attached hydrogens (tertiary/aromatic N) is 1. The molecular weight excluding hydrogens is 190 g/mol. The molecule has 2 rings (SSSR count). The number of amides is 1. The Labute approximate surface area is 91.4 Å². The van der Waals surface area contributed by atoms with Crippen LogP contribution < -0.4 is 10.6 Å². The Hall–Kier alpha value is -0.610. The van der Waals surface area contributed by atoms with Crippen molar-refractivity contribution in [1.29, 1.82) is 0 Å². The number of nitrogens with one attached hydrogen (secondary N) is 2. The maximum atomic E-state index is 11.5. The fourth-order valence-electron chi connectivity index (χ4n) is 2.61. The third kappa shape index (κ3) is 2.69. The second-order valence-electron chi connectivity index (χ2n) is 4.72. The number of hydrogen-bond acceptors (Lipinski definition) is 3. The van der Waals surface area contributed by atoms with Crippen LogP contribution in [0.4, 0.5) is 0 Å². The summed E-state index contributed by atoms with van der Waals surface area (Å²) in [6.45, 7) is 7.93. The monoisotopic (exact) mass is 211 g/mol. The minimum absolute atomic E-state index is 0.185. The smallest absolute Gasteiger partial charge is 0.234 e. The molecule has 0 spiro atoms. The number of rotatable bonds is 4. The van der Waals surface area contributed by atoms with Crippen LogP contribution in [0.1, 0.15) is 13.3 Å². The molecule has 0 aromatic heterocycles. The van der Waals surface area contributed by atoms with Gasteiger partial charge in [0.05, 0.1) is 6.54 Å². The van der Waals surface area contributed by atoms with Gasteiger partial charge in [-0.3, -0.25) is 9.69 Å². The molecule has 86 valence electrons. The quantitative estimate of drug-likeness (QED) is 0.669. The van der Waals surface area contributed by atoms with E-state index in [1.807, 2.05) is 0 Å². The Balaban J connectivity index is 1.70. The molecule has 0 aromatic carbocycles. The standard InChI is InChI=1S/C11H21N3O/c1-2-3-13-11(15)8-14-6-9-4-12-5-10(9)7-14/h9-10,12H,2-8H2,1H3,(H,13,15). The van der Waals surface area contributed by atoms with Crippen molar-refractivity contribution in [2.24, 2.45) is 11.8 Å². The van der Waals surface area contributed by atoms with Crippen LogP contribution in [-0.4, -0.2) is 50.1 Å². The van der Waals surface area contributed by atoms with E-state index in [9.17, 15) is 4.79 Å². The summed E-state index contributed by atoms with van der Waals surface area (Å²) in [4.78, 5) is 13.8. The van der Waals surface area contributed by atoms with Gasteiger partial charge in [0.25, 0.3) is 0 Å². The van der Waals surface area contributed by atoms with E-state index < -0.39 is 0 Å². The van der Waals surface area contributed by atoms with Gasteiger partial charge < -0.3 is 10.6 Å². The maximum Gasteiger partial charge on any atom is 0.234 e.